The van der Waals surface area contributed by atoms with Crippen LogP contribution in [0.4, 0.5) is 0 Å². The van der Waals surface area contributed by atoms with Gasteiger partial charge in [0.1, 0.15) is 4.90 Å². The number of rotatable bonds is 2. The largest absolute Gasteiger partial charge is 0.274 e. The Balaban J connectivity index is 1.79. The maximum Gasteiger partial charge on any atom is 0.246 e. The van der Waals surface area contributed by atoms with Gasteiger partial charge >= 0.3 is 0 Å². The summed E-state index contributed by atoms with van der Waals surface area (Å²) in [5.41, 5.74) is 0. The number of hydrogen-bond donors (Lipinski definition) is 0. The highest BCUT2D eigenvalue weighted by Gasteiger charge is 2.36. The van der Waals surface area contributed by atoms with E-state index < -0.39 is 10.0 Å². The van der Waals surface area contributed by atoms with Crippen LogP contribution in [0.3, 0.4) is 0 Å². The summed E-state index contributed by atoms with van der Waals surface area (Å²) in [4.78, 5) is 0.323. The maximum absolute atomic E-state index is 12.5. The van der Waals surface area contributed by atoms with E-state index in [1.165, 1.54) is 31.9 Å². The summed E-state index contributed by atoms with van der Waals surface area (Å²) in [5.74, 6) is 1.31. The van der Waals surface area contributed by atoms with Crippen molar-refractivity contribution in [3.63, 3.8) is 0 Å². The van der Waals surface area contributed by atoms with Crippen molar-refractivity contribution >= 4 is 10.0 Å². The fourth-order valence-corrected chi connectivity index (χ4v) is 4.96. The van der Waals surface area contributed by atoms with Gasteiger partial charge in [-0.25, -0.2) is 8.42 Å². The number of nitrogens with zero attached hydrogens (tertiary/aromatic N) is 3. The summed E-state index contributed by atoms with van der Waals surface area (Å²) in [5, 5.41) is 3.97. The molecule has 2 atom stereocenters. The molecule has 0 radical (unpaired) electrons. The lowest BCUT2D eigenvalue weighted by atomic mass is 9.76. The zero-order valence-electron chi connectivity index (χ0n) is 11.3. The summed E-state index contributed by atoms with van der Waals surface area (Å²) < 4.78 is 28.3. The Bertz CT molecular complexity index is 552. The highest BCUT2D eigenvalue weighted by molar-refractivity contribution is 7.89. The number of piperidine rings is 1. The molecule has 106 valence electrons. The summed E-state index contributed by atoms with van der Waals surface area (Å²) in [7, 11) is -1.60. The van der Waals surface area contributed by atoms with Crippen molar-refractivity contribution in [3.8, 4) is 0 Å². The van der Waals surface area contributed by atoms with Crippen LogP contribution in [-0.4, -0.2) is 35.6 Å². The van der Waals surface area contributed by atoms with Gasteiger partial charge < -0.3 is 0 Å². The van der Waals surface area contributed by atoms with Gasteiger partial charge in [0.15, 0.2) is 0 Å². The zero-order valence-corrected chi connectivity index (χ0v) is 12.1. The molecule has 0 N–H and O–H groups in total. The topological polar surface area (TPSA) is 55.2 Å². The summed E-state index contributed by atoms with van der Waals surface area (Å²) in [6.07, 6.45) is 9.09. The minimum absolute atomic E-state index is 0.323. The van der Waals surface area contributed by atoms with E-state index in [0.717, 1.165) is 12.3 Å². The normalized spacial score (nSPS) is 29.1. The van der Waals surface area contributed by atoms with Crippen LogP contribution >= 0.6 is 0 Å². The van der Waals surface area contributed by atoms with E-state index in [-0.39, 0.29) is 0 Å². The number of sulfonamides is 1. The van der Waals surface area contributed by atoms with Crippen molar-refractivity contribution in [2.24, 2.45) is 18.9 Å². The quantitative estimate of drug-likeness (QED) is 0.829. The molecule has 1 saturated carbocycles. The van der Waals surface area contributed by atoms with Crippen LogP contribution in [0.2, 0.25) is 0 Å². The van der Waals surface area contributed by atoms with Crippen molar-refractivity contribution in [3.05, 3.63) is 12.4 Å². The molecule has 5 nitrogen and oxygen atoms in total. The molecule has 1 aromatic rings. The lowest BCUT2D eigenvalue weighted by molar-refractivity contribution is 0.136. The van der Waals surface area contributed by atoms with Gasteiger partial charge in [0.25, 0.3) is 0 Å². The fourth-order valence-electron chi connectivity index (χ4n) is 3.47. The molecule has 2 heterocycles. The second kappa shape index (κ2) is 4.90. The number of aromatic nitrogens is 2. The highest BCUT2D eigenvalue weighted by Crippen LogP contribution is 2.37. The maximum atomic E-state index is 12.5. The van der Waals surface area contributed by atoms with E-state index in [0.29, 0.717) is 23.9 Å². The molecule has 2 fully saturated rings. The molecule has 19 heavy (non-hydrogen) atoms. The first kappa shape index (κ1) is 13.1. The monoisotopic (exact) mass is 283 g/mol. The van der Waals surface area contributed by atoms with Gasteiger partial charge in [-0.05, 0) is 24.7 Å². The van der Waals surface area contributed by atoms with Gasteiger partial charge in [-0.2, -0.15) is 9.40 Å². The van der Waals surface area contributed by atoms with Crippen LogP contribution in [0.1, 0.15) is 32.1 Å². The zero-order chi connectivity index (χ0) is 13.5. The number of hydrogen-bond acceptors (Lipinski definition) is 3. The lowest BCUT2D eigenvalue weighted by Crippen LogP contribution is -2.44. The molecule has 0 amide bonds. The van der Waals surface area contributed by atoms with E-state index in [9.17, 15) is 8.42 Å². The van der Waals surface area contributed by atoms with Gasteiger partial charge in [-0.1, -0.05) is 19.3 Å². The Morgan fingerprint density at radius 2 is 1.95 bits per heavy atom. The first-order valence-electron chi connectivity index (χ1n) is 7.06. The molecule has 1 aromatic heterocycles. The Kier molecular flexibility index (Phi) is 3.39. The van der Waals surface area contributed by atoms with Crippen LogP contribution in [0.15, 0.2) is 17.3 Å². The van der Waals surface area contributed by atoms with E-state index in [4.69, 9.17) is 0 Å². The molecule has 0 bridgehead atoms. The predicted octanol–water partition coefficient (Wildman–Crippen LogP) is 1.62. The summed E-state index contributed by atoms with van der Waals surface area (Å²) in [6, 6.07) is 0. The van der Waals surface area contributed by atoms with Gasteiger partial charge in [-0.3, -0.25) is 4.68 Å². The molecular weight excluding hydrogens is 262 g/mol. The molecule has 2 unspecified atom stereocenters. The smallest absolute Gasteiger partial charge is 0.246 e. The minimum Gasteiger partial charge on any atom is -0.274 e. The van der Waals surface area contributed by atoms with Crippen molar-refractivity contribution < 1.29 is 8.42 Å². The number of aryl methyl sites for hydroxylation is 1. The molecule has 6 heteroatoms. The third kappa shape index (κ3) is 2.43. The molecule has 2 aliphatic rings. The van der Waals surface area contributed by atoms with E-state index in [1.807, 2.05) is 0 Å². The first-order chi connectivity index (χ1) is 9.07. The van der Waals surface area contributed by atoms with E-state index >= 15 is 0 Å². The Morgan fingerprint density at radius 3 is 2.63 bits per heavy atom. The van der Waals surface area contributed by atoms with Crippen molar-refractivity contribution in [1.82, 2.24) is 14.1 Å². The molecule has 1 saturated heterocycles. The van der Waals surface area contributed by atoms with E-state index in [2.05, 4.69) is 5.10 Å². The Hall–Kier alpha value is -0.880. The average Bonchev–Trinajstić information content (AvgIpc) is 2.85. The minimum atomic E-state index is -3.34. The standard InChI is InChI=1S/C13H21N3O2S/c1-15-10-13(8-14-15)19(17,18)16-7-6-11-4-2-3-5-12(11)9-16/h8,10-12H,2-7,9H2,1H3. The first-order valence-corrected chi connectivity index (χ1v) is 8.50. The van der Waals surface area contributed by atoms with Gasteiger partial charge in [0.2, 0.25) is 10.0 Å². The van der Waals surface area contributed by atoms with Gasteiger partial charge in [-0.15, -0.1) is 0 Å². The van der Waals surface area contributed by atoms with Gasteiger partial charge in [0, 0.05) is 26.3 Å². The van der Waals surface area contributed by atoms with Gasteiger partial charge in [0.05, 0.1) is 6.20 Å². The lowest BCUT2D eigenvalue weighted by Gasteiger charge is -2.40. The van der Waals surface area contributed by atoms with Crippen LogP contribution in [0.25, 0.3) is 0 Å². The van der Waals surface area contributed by atoms with Crippen molar-refractivity contribution in [1.29, 1.82) is 0 Å². The summed E-state index contributed by atoms with van der Waals surface area (Å²) >= 11 is 0. The SMILES string of the molecule is Cn1cc(S(=O)(=O)N2CCC3CCCCC3C2)cn1. The van der Waals surface area contributed by atoms with Crippen LogP contribution in [0, 0.1) is 11.8 Å². The molecule has 1 aliphatic heterocycles. The van der Waals surface area contributed by atoms with Crippen molar-refractivity contribution in [2.75, 3.05) is 13.1 Å². The fraction of sp³-hybridized carbons (Fsp3) is 0.769. The Morgan fingerprint density at radius 1 is 1.21 bits per heavy atom. The highest BCUT2D eigenvalue weighted by atomic mass is 32.2. The predicted molar refractivity (Wildman–Crippen MR) is 72.0 cm³/mol. The molecule has 1 aliphatic carbocycles. The molecular formula is C13H21N3O2S. The van der Waals surface area contributed by atoms with Crippen LogP contribution < -0.4 is 0 Å². The molecule has 0 aromatic carbocycles. The molecule has 3 rings (SSSR count). The summed E-state index contributed by atoms with van der Waals surface area (Å²) in [6.45, 7) is 1.36. The third-order valence-electron chi connectivity index (χ3n) is 4.57. The molecule has 0 spiro atoms. The second-order valence-electron chi connectivity index (χ2n) is 5.81. The Labute approximate surface area is 114 Å². The number of fused-ring (bicyclic) bond motifs is 1. The second-order valence-corrected chi connectivity index (χ2v) is 7.74. The van der Waals surface area contributed by atoms with Crippen LogP contribution in [-0.2, 0) is 17.1 Å². The van der Waals surface area contributed by atoms with E-state index in [1.54, 1.807) is 22.2 Å². The van der Waals surface area contributed by atoms with Crippen molar-refractivity contribution in [2.45, 2.75) is 37.0 Å². The van der Waals surface area contributed by atoms with Crippen LogP contribution in [0.5, 0.6) is 0 Å². The third-order valence-corrected chi connectivity index (χ3v) is 6.39. The average molecular weight is 283 g/mol.